The van der Waals surface area contributed by atoms with Crippen molar-refractivity contribution in [3.05, 3.63) is 63.6 Å². The highest BCUT2D eigenvalue weighted by atomic mass is 79.9. The Hall–Kier alpha value is -2.12. The molecule has 1 aromatic heterocycles. The number of aryl methyl sites for hydroxylation is 2. The topological polar surface area (TPSA) is 59.2 Å². The SMILES string of the molecule is Cc1ccc(-c2nnc(SCC(=O)N(C)Cc3ccccc3Br)o2)cc1C. The lowest BCUT2D eigenvalue weighted by Crippen LogP contribution is -2.27. The first-order valence-corrected chi connectivity index (χ1v) is 10.2. The molecule has 0 unspecified atom stereocenters. The molecule has 7 heteroatoms. The van der Waals surface area contributed by atoms with E-state index in [0.29, 0.717) is 17.7 Å². The van der Waals surface area contributed by atoms with Gasteiger partial charge in [0.15, 0.2) is 0 Å². The van der Waals surface area contributed by atoms with E-state index in [9.17, 15) is 4.79 Å². The van der Waals surface area contributed by atoms with Gasteiger partial charge in [-0.05, 0) is 48.7 Å². The molecule has 0 bridgehead atoms. The van der Waals surface area contributed by atoms with Gasteiger partial charge in [-0.25, -0.2) is 0 Å². The molecule has 0 radical (unpaired) electrons. The smallest absolute Gasteiger partial charge is 0.277 e. The number of benzene rings is 2. The summed E-state index contributed by atoms with van der Waals surface area (Å²) in [7, 11) is 1.79. The van der Waals surface area contributed by atoms with Crippen molar-refractivity contribution in [2.75, 3.05) is 12.8 Å². The van der Waals surface area contributed by atoms with Crippen LogP contribution in [0.4, 0.5) is 0 Å². The molecule has 140 valence electrons. The number of halogens is 1. The average Bonchev–Trinajstić information content (AvgIpc) is 3.13. The van der Waals surface area contributed by atoms with E-state index in [1.165, 1.54) is 22.9 Å². The zero-order chi connectivity index (χ0) is 19.4. The van der Waals surface area contributed by atoms with Crippen molar-refractivity contribution in [3.63, 3.8) is 0 Å². The van der Waals surface area contributed by atoms with E-state index < -0.39 is 0 Å². The second-order valence-electron chi connectivity index (χ2n) is 6.30. The fourth-order valence-corrected chi connectivity index (χ4v) is 3.58. The Bertz CT molecular complexity index is 958. The third-order valence-electron chi connectivity index (χ3n) is 4.27. The first kappa shape index (κ1) is 19.6. The third kappa shape index (κ3) is 4.99. The molecule has 2 aromatic carbocycles. The number of carbonyl (C=O) groups excluding carboxylic acids is 1. The Morgan fingerprint density at radius 2 is 1.93 bits per heavy atom. The van der Waals surface area contributed by atoms with Crippen LogP contribution in [-0.4, -0.2) is 33.8 Å². The molecule has 0 aliphatic rings. The Labute approximate surface area is 171 Å². The second kappa shape index (κ2) is 8.71. The van der Waals surface area contributed by atoms with Crippen molar-refractivity contribution in [2.45, 2.75) is 25.6 Å². The molecule has 0 N–H and O–H groups in total. The van der Waals surface area contributed by atoms with Gasteiger partial charge in [0.1, 0.15) is 0 Å². The predicted molar refractivity (Wildman–Crippen MR) is 111 cm³/mol. The molecule has 5 nitrogen and oxygen atoms in total. The number of aromatic nitrogens is 2. The minimum absolute atomic E-state index is 0.00156. The molecule has 3 rings (SSSR count). The lowest BCUT2D eigenvalue weighted by Gasteiger charge is -2.17. The third-order valence-corrected chi connectivity index (χ3v) is 5.85. The standard InChI is InChI=1S/C20H20BrN3O2S/c1-13-8-9-15(10-14(13)2)19-22-23-20(26-19)27-12-18(25)24(3)11-16-6-4-5-7-17(16)21/h4-10H,11-12H2,1-3H3. The highest BCUT2D eigenvalue weighted by molar-refractivity contribution is 9.10. The van der Waals surface area contributed by atoms with Gasteiger partial charge in [0.25, 0.3) is 5.22 Å². The van der Waals surface area contributed by atoms with Crippen LogP contribution in [-0.2, 0) is 11.3 Å². The summed E-state index contributed by atoms with van der Waals surface area (Å²) in [6.07, 6.45) is 0. The molecule has 1 heterocycles. The number of thioether (sulfide) groups is 1. The van der Waals surface area contributed by atoms with Crippen molar-refractivity contribution in [1.29, 1.82) is 0 Å². The summed E-state index contributed by atoms with van der Waals surface area (Å²) in [6.45, 7) is 4.65. The molecule has 0 atom stereocenters. The van der Waals surface area contributed by atoms with Crippen molar-refractivity contribution >= 4 is 33.6 Å². The first-order chi connectivity index (χ1) is 12.9. The minimum Gasteiger partial charge on any atom is -0.411 e. The van der Waals surface area contributed by atoms with Gasteiger partial charge in [-0.1, -0.05) is 52.0 Å². The Kier molecular flexibility index (Phi) is 6.34. The Morgan fingerprint density at radius 1 is 1.15 bits per heavy atom. The number of hydrogen-bond acceptors (Lipinski definition) is 5. The minimum atomic E-state index is 0.00156. The van der Waals surface area contributed by atoms with E-state index in [4.69, 9.17) is 4.42 Å². The summed E-state index contributed by atoms with van der Waals surface area (Å²) in [4.78, 5) is 14.1. The van der Waals surface area contributed by atoms with Gasteiger partial charge in [0.2, 0.25) is 11.8 Å². The van der Waals surface area contributed by atoms with Crippen LogP contribution in [0.15, 0.2) is 56.6 Å². The zero-order valence-corrected chi connectivity index (χ0v) is 17.8. The quantitative estimate of drug-likeness (QED) is 0.506. The molecule has 0 spiro atoms. The molecular formula is C20H20BrN3O2S. The molecule has 0 fully saturated rings. The monoisotopic (exact) mass is 445 g/mol. The maximum Gasteiger partial charge on any atom is 0.277 e. The van der Waals surface area contributed by atoms with E-state index in [-0.39, 0.29) is 11.7 Å². The summed E-state index contributed by atoms with van der Waals surface area (Å²) in [5, 5.41) is 8.53. The number of amides is 1. The highest BCUT2D eigenvalue weighted by Crippen LogP contribution is 2.25. The summed E-state index contributed by atoms with van der Waals surface area (Å²) in [5.74, 6) is 0.714. The van der Waals surface area contributed by atoms with Gasteiger partial charge >= 0.3 is 0 Å². The van der Waals surface area contributed by atoms with Crippen molar-refractivity contribution in [3.8, 4) is 11.5 Å². The molecule has 0 aliphatic carbocycles. The predicted octanol–water partition coefficient (Wildman–Crippen LogP) is 4.87. The van der Waals surface area contributed by atoms with Crippen molar-refractivity contribution in [1.82, 2.24) is 15.1 Å². The second-order valence-corrected chi connectivity index (χ2v) is 8.08. The van der Waals surface area contributed by atoms with Crippen molar-refractivity contribution < 1.29 is 9.21 Å². The molecule has 27 heavy (non-hydrogen) atoms. The lowest BCUT2D eigenvalue weighted by molar-refractivity contribution is -0.127. The van der Waals surface area contributed by atoms with E-state index in [1.54, 1.807) is 11.9 Å². The average molecular weight is 446 g/mol. The van der Waals surface area contributed by atoms with E-state index >= 15 is 0 Å². The van der Waals surface area contributed by atoms with Crippen LogP contribution in [0.2, 0.25) is 0 Å². The van der Waals surface area contributed by atoms with Crippen LogP contribution in [0.3, 0.4) is 0 Å². The van der Waals surface area contributed by atoms with E-state index in [1.807, 2.05) is 49.4 Å². The van der Waals surface area contributed by atoms with Crippen LogP contribution < -0.4 is 0 Å². The maximum absolute atomic E-state index is 12.4. The summed E-state index contributed by atoms with van der Waals surface area (Å²) < 4.78 is 6.69. The number of nitrogens with zero attached hydrogens (tertiary/aromatic N) is 3. The van der Waals surface area contributed by atoms with Gasteiger partial charge < -0.3 is 9.32 Å². The van der Waals surface area contributed by atoms with Crippen LogP contribution >= 0.6 is 27.7 Å². The normalized spacial score (nSPS) is 10.8. The molecule has 0 saturated heterocycles. The number of rotatable bonds is 6. The fourth-order valence-electron chi connectivity index (χ4n) is 2.46. The van der Waals surface area contributed by atoms with E-state index in [2.05, 4.69) is 33.1 Å². The summed E-state index contributed by atoms with van der Waals surface area (Å²) in [5.41, 5.74) is 4.33. The van der Waals surface area contributed by atoms with E-state index in [0.717, 1.165) is 15.6 Å². The van der Waals surface area contributed by atoms with Gasteiger partial charge in [0.05, 0.1) is 5.75 Å². The zero-order valence-electron chi connectivity index (χ0n) is 15.4. The van der Waals surface area contributed by atoms with Gasteiger partial charge in [-0.15, -0.1) is 10.2 Å². The van der Waals surface area contributed by atoms with Crippen LogP contribution in [0.25, 0.3) is 11.5 Å². The van der Waals surface area contributed by atoms with Gasteiger partial charge in [0, 0.05) is 23.6 Å². The number of carbonyl (C=O) groups is 1. The highest BCUT2D eigenvalue weighted by Gasteiger charge is 2.15. The molecule has 1 amide bonds. The molecule has 0 aliphatic heterocycles. The molecular weight excluding hydrogens is 426 g/mol. The largest absolute Gasteiger partial charge is 0.411 e. The Morgan fingerprint density at radius 3 is 2.67 bits per heavy atom. The summed E-state index contributed by atoms with van der Waals surface area (Å²) in [6, 6.07) is 13.9. The van der Waals surface area contributed by atoms with Crippen LogP contribution in [0.5, 0.6) is 0 Å². The molecule has 3 aromatic rings. The maximum atomic E-state index is 12.4. The van der Waals surface area contributed by atoms with Crippen LogP contribution in [0.1, 0.15) is 16.7 Å². The van der Waals surface area contributed by atoms with Crippen molar-refractivity contribution in [2.24, 2.45) is 0 Å². The Balaban J connectivity index is 1.58. The lowest BCUT2D eigenvalue weighted by atomic mass is 10.1. The fraction of sp³-hybridized carbons (Fsp3) is 0.250. The number of hydrogen-bond donors (Lipinski definition) is 0. The molecule has 0 saturated carbocycles. The summed E-state index contributed by atoms with van der Waals surface area (Å²) >= 11 is 4.76. The van der Waals surface area contributed by atoms with Gasteiger partial charge in [-0.2, -0.15) is 0 Å². The first-order valence-electron chi connectivity index (χ1n) is 8.45. The van der Waals surface area contributed by atoms with Gasteiger partial charge in [-0.3, -0.25) is 4.79 Å². The van der Waals surface area contributed by atoms with Crippen LogP contribution in [0, 0.1) is 13.8 Å².